The fraction of sp³-hybridized carbons (Fsp3) is 0.500. The normalized spacial score (nSPS) is 42.7. The predicted octanol–water partition coefficient (Wildman–Crippen LogP) is 2.82. The van der Waals surface area contributed by atoms with Crippen molar-refractivity contribution in [2.75, 3.05) is 20.8 Å². The topological polar surface area (TPSA) is 78.9 Å². The van der Waals surface area contributed by atoms with Gasteiger partial charge in [0.25, 0.3) is 0 Å². The number of fused-ring (bicyclic) bond motifs is 3. The van der Waals surface area contributed by atoms with E-state index in [4.69, 9.17) is 14.2 Å². The van der Waals surface area contributed by atoms with Gasteiger partial charge in [-0.3, -0.25) is 14.4 Å². The fourth-order valence-corrected chi connectivity index (χ4v) is 9.09. The molecule has 6 nitrogen and oxygen atoms in total. The van der Waals surface area contributed by atoms with Crippen LogP contribution in [0.15, 0.2) is 36.4 Å². The summed E-state index contributed by atoms with van der Waals surface area (Å²) in [6, 6.07) is 12.2. The lowest BCUT2D eigenvalue weighted by Crippen LogP contribution is -2.54. The first-order chi connectivity index (χ1) is 15.5. The summed E-state index contributed by atoms with van der Waals surface area (Å²) in [5.41, 5.74) is -0.00870. The number of carbonyl (C=O) groups excluding carboxylic acids is 3. The van der Waals surface area contributed by atoms with Gasteiger partial charge in [-0.05, 0) is 64.3 Å². The molecule has 0 amide bonds. The third-order valence-corrected chi connectivity index (χ3v) is 9.52. The number of hydrogen-bond acceptors (Lipinski definition) is 6. The van der Waals surface area contributed by atoms with E-state index in [9.17, 15) is 14.4 Å². The molecule has 6 aliphatic carbocycles. The lowest BCUT2D eigenvalue weighted by Gasteiger charge is -2.42. The van der Waals surface area contributed by atoms with Crippen molar-refractivity contribution < 1.29 is 28.6 Å². The predicted molar refractivity (Wildman–Crippen MR) is 112 cm³/mol. The van der Waals surface area contributed by atoms with Gasteiger partial charge >= 0.3 is 17.9 Å². The van der Waals surface area contributed by atoms with Crippen LogP contribution in [0.1, 0.15) is 24.0 Å². The third-order valence-electron chi connectivity index (χ3n) is 9.52. The molecular weight excluding hydrogens is 408 g/mol. The van der Waals surface area contributed by atoms with Crippen LogP contribution in [-0.4, -0.2) is 38.7 Å². The Morgan fingerprint density at radius 3 is 2.34 bits per heavy atom. The average Bonchev–Trinajstić information content (AvgIpc) is 3.69. The first-order valence-corrected chi connectivity index (χ1v) is 11.4. The summed E-state index contributed by atoms with van der Waals surface area (Å²) in [5, 5.41) is 2.02. The molecule has 9 atom stereocenters. The van der Waals surface area contributed by atoms with Crippen molar-refractivity contribution in [1.82, 2.24) is 0 Å². The molecule has 5 fully saturated rings. The van der Waals surface area contributed by atoms with E-state index in [0.717, 1.165) is 21.9 Å². The van der Waals surface area contributed by atoms with Gasteiger partial charge in [0.2, 0.25) is 0 Å². The number of benzene rings is 2. The minimum atomic E-state index is -1.12. The summed E-state index contributed by atoms with van der Waals surface area (Å²) in [5.74, 6) is -1.19. The molecule has 0 aliphatic heterocycles. The Labute approximate surface area is 185 Å². The molecule has 6 heteroatoms. The highest BCUT2D eigenvalue weighted by molar-refractivity contribution is 6.06. The van der Waals surface area contributed by atoms with Gasteiger partial charge in [-0.25, -0.2) is 0 Å². The van der Waals surface area contributed by atoms with Gasteiger partial charge in [-0.15, -0.1) is 0 Å². The number of carbonyl (C=O) groups is 3. The van der Waals surface area contributed by atoms with Crippen molar-refractivity contribution in [2.24, 2.45) is 40.9 Å². The van der Waals surface area contributed by atoms with Crippen molar-refractivity contribution in [2.45, 2.75) is 18.3 Å². The average molecular weight is 432 g/mol. The summed E-state index contributed by atoms with van der Waals surface area (Å²) in [4.78, 5) is 40.3. The molecule has 6 bridgehead atoms. The Morgan fingerprint density at radius 2 is 1.62 bits per heavy atom. The highest BCUT2D eigenvalue weighted by atomic mass is 16.5. The number of hydrogen-bond donors (Lipinski definition) is 0. The summed E-state index contributed by atoms with van der Waals surface area (Å²) >= 11 is 0. The molecular formula is C26H24O6. The molecule has 0 heterocycles. The van der Waals surface area contributed by atoms with E-state index in [1.165, 1.54) is 14.2 Å². The lowest BCUT2D eigenvalue weighted by molar-refractivity contribution is -0.166. The van der Waals surface area contributed by atoms with Crippen LogP contribution in [0.25, 0.3) is 10.8 Å². The summed E-state index contributed by atoms with van der Waals surface area (Å²) in [6.45, 7) is 2.13. The van der Waals surface area contributed by atoms with Crippen LogP contribution < -0.4 is 0 Å². The standard InChI is InChI=1S/C26H24O6/c1-4-32-22(27)17-15-16(17)21-20-14-13-10-9-11-7-5-6-8-12(11)18(13)25(19(14)15,23(28)30-2)26(20,21)24(29)31-3/h5-10,14-17,19-21H,4H2,1-3H3. The summed E-state index contributed by atoms with van der Waals surface area (Å²) in [6.07, 6.45) is 0. The molecule has 164 valence electrons. The van der Waals surface area contributed by atoms with E-state index in [-0.39, 0.29) is 59.3 Å². The zero-order valence-electron chi connectivity index (χ0n) is 18.2. The quantitative estimate of drug-likeness (QED) is 0.546. The third kappa shape index (κ3) is 1.55. The van der Waals surface area contributed by atoms with Crippen molar-refractivity contribution in [3.05, 3.63) is 47.5 Å². The van der Waals surface area contributed by atoms with Gasteiger partial charge in [-0.1, -0.05) is 36.4 Å². The van der Waals surface area contributed by atoms with Gasteiger partial charge < -0.3 is 14.2 Å². The molecule has 0 aromatic heterocycles. The van der Waals surface area contributed by atoms with E-state index in [0.29, 0.717) is 6.61 Å². The van der Waals surface area contributed by atoms with Crippen LogP contribution in [0, 0.1) is 40.9 Å². The molecule has 0 saturated heterocycles. The number of rotatable bonds is 4. The number of ether oxygens (including phenoxy) is 3. The minimum Gasteiger partial charge on any atom is -0.469 e. The van der Waals surface area contributed by atoms with Crippen molar-refractivity contribution in [3.63, 3.8) is 0 Å². The monoisotopic (exact) mass is 432 g/mol. The summed E-state index contributed by atoms with van der Waals surface area (Å²) < 4.78 is 16.3. The van der Waals surface area contributed by atoms with Crippen molar-refractivity contribution in [1.29, 1.82) is 0 Å². The molecule has 5 saturated carbocycles. The van der Waals surface area contributed by atoms with E-state index in [1.807, 2.05) is 24.3 Å². The Balaban J connectivity index is 1.54. The molecule has 0 spiro atoms. The van der Waals surface area contributed by atoms with Crippen LogP contribution in [-0.2, 0) is 34.0 Å². The molecule has 32 heavy (non-hydrogen) atoms. The van der Waals surface area contributed by atoms with Crippen molar-refractivity contribution in [3.8, 4) is 0 Å². The van der Waals surface area contributed by atoms with E-state index in [2.05, 4.69) is 12.1 Å². The molecule has 6 aliphatic rings. The zero-order valence-corrected chi connectivity index (χ0v) is 18.2. The Hall–Kier alpha value is -2.89. The zero-order chi connectivity index (χ0) is 22.2. The SMILES string of the molecule is CCOC(=O)C1C2C1C1C3C4c5ccc6ccccc6c5C(C(=O)OC)(C42)C31C(=O)OC. The second-order valence-corrected chi connectivity index (χ2v) is 9.95. The molecule has 2 aromatic carbocycles. The maximum atomic E-state index is 13.9. The molecule has 0 N–H and O–H groups in total. The van der Waals surface area contributed by atoms with Gasteiger partial charge in [0.05, 0.1) is 32.2 Å². The van der Waals surface area contributed by atoms with Gasteiger partial charge in [0.15, 0.2) is 0 Å². The maximum absolute atomic E-state index is 13.9. The van der Waals surface area contributed by atoms with Crippen LogP contribution in [0.5, 0.6) is 0 Å². The Bertz CT molecular complexity index is 1250. The van der Waals surface area contributed by atoms with Gasteiger partial charge in [0.1, 0.15) is 5.41 Å². The second-order valence-electron chi connectivity index (χ2n) is 9.95. The molecule has 2 aromatic rings. The smallest absolute Gasteiger partial charge is 0.317 e. The van der Waals surface area contributed by atoms with Gasteiger partial charge in [0, 0.05) is 0 Å². The first kappa shape index (κ1) is 18.7. The number of esters is 3. The number of methoxy groups -OCH3 is 2. The highest BCUT2D eigenvalue weighted by Gasteiger charge is 3.02. The summed E-state index contributed by atoms with van der Waals surface area (Å²) in [7, 11) is 2.80. The molecule has 0 radical (unpaired) electrons. The fourth-order valence-electron chi connectivity index (χ4n) is 9.09. The van der Waals surface area contributed by atoms with E-state index in [1.54, 1.807) is 6.92 Å². The highest BCUT2D eigenvalue weighted by Crippen LogP contribution is 2.97. The van der Waals surface area contributed by atoms with E-state index < -0.39 is 10.8 Å². The Morgan fingerprint density at radius 1 is 0.906 bits per heavy atom. The molecule has 8 rings (SSSR count). The maximum Gasteiger partial charge on any atom is 0.317 e. The minimum absolute atomic E-state index is 0.00777. The van der Waals surface area contributed by atoms with Crippen LogP contribution in [0.4, 0.5) is 0 Å². The largest absolute Gasteiger partial charge is 0.469 e. The Kier molecular flexibility index (Phi) is 3.23. The van der Waals surface area contributed by atoms with Crippen LogP contribution in [0.2, 0.25) is 0 Å². The van der Waals surface area contributed by atoms with Gasteiger partial charge in [-0.2, -0.15) is 0 Å². The van der Waals surface area contributed by atoms with Crippen molar-refractivity contribution >= 4 is 28.7 Å². The second kappa shape index (κ2) is 5.53. The lowest BCUT2D eigenvalue weighted by atomic mass is 9.59. The van der Waals surface area contributed by atoms with Crippen LogP contribution in [0.3, 0.4) is 0 Å². The first-order valence-electron chi connectivity index (χ1n) is 11.4. The van der Waals surface area contributed by atoms with E-state index >= 15 is 0 Å². The molecule has 9 unspecified atom stereocenters. The van der Waals surface area contributed by atoms with Crippen LogP contribution >= 0.6 is 0 Å².